The van der Waals surface area contributed by atoms with E-state index >= 15 is 0 Å². The van der Waals surface area contributed by atoms with Crippen molar-refractivity contribution in [2.75, 3.05) is 25.0 Å². The molecule has 0 saturated heterocycles. The average Bonchev–Trinajstić information content (AvgIpc) is 2.42. The van der Waals surface area contributed by atoms with Crippen LogP contribution in [0.15, 0.2) is 12.1 Å². The van der Waals surface area contributed by atoms with Gasteiger partial charge in [-0.3, -0.25) is 0 Å². The van der Waals surface area contributed by atoms with Gasteiger partial charge in [-0.15, -0.1) is 0 Å². The van der Waals surface area contributed by atoms with Crippen LogP contribution in [0.3, 0.4) is 0 Å². The van der Waals surface area contributed by atoms with Gasteiger partial charge in [-0.2, -0.15) is 0 Å². The summed E-state index contributed by atoms with van der Waals surface area (Å²) >= 11 is 0. The number of hydrogen-bond donors (Lipinski definition) is 1. The molecule has 1 aromatic rings. The molecule has 0 saturated carbocycles. The van der Waals surface area contributed by atoms with Gasteiger partial charge in [0, 0.05) is 25.8 Å². The van der Waals surface area contributed by atoms with E-state index in [2.05, 4.69) is 57.1 Å². The lowest BCUT2D eigenvalue weighted by Crippen LogP contribution is -2.22. The lowest BCUT2D eigenvalue weighted by atomic mass is 10.1. The van der Waals surface area contributed by atoms with Gasteiger partial charge >= 0.3 is 0 Å². The van der Waals surface area contributed by atoms with Crippen LogP contribution >= 0.6 is 0 Å². The first-order valence-electron chi connectivity index (χ1n) is 7.98. The standard InChI is InChI=1S/C17H31N3/c1-6-8-16-11-15(13-18-7-2)12-17(19-16)20(5)10-9-14(3)4/h11-12,14,18H,6-10,13H2,1-5H3. The van der Waals surface area contributed by atoms with Crippen molar-refractivity contribution in [2.24, 2.45) is 5.92 Å². The summed E-state index contributed by atoms with van der Waals surface area (Å²) in [6, 6.07) is 4.47. The molecule has 1 heterocycles. The van der Waals surface area contributed by atoms with Crippen LogP contribution in [0.4, 0.5) is 5.82 Å². The van der Waals surface area contributed by atoms with E-state index in [0.29, 0.717) is 0 Å². The minimum atomic E-state index is 0.734. The molecule has 0 amide bonds. The van der Waals surface area contributed by atoms with Crippen LogP contribution in [0.25, 0.3) is 0 Å². The number of nitrogens with zero attached hydrogens (tertiary/aromatic N) is 2. The van der Waals surface area contributed by atoms with Gasteiger partial charge in [0.2, 0.25) is 0 Å². The topological polar surface area (TPSA) is 28.2 Å². The summed E-state index contributed by atoms with van der Waals surface area (Å²) in [5, 5.41) is 3.40. The van der Waals surface area contributed by atoms with Crippen LogP contribution in [0.5, 0.6) is 0 Å². The molecule has 0 bridgehead atoms. The summed E-state index contributed by atoms with van der Waals surface area (Å²) in [5.41, 5.74) is 2.56. The lowest BCUT2D eigenvalue weighted by molar-refractivity contribution is 0.583. The Balaban J connectivity index is 2.83. The Bertz CT molecular complexity index is 388. The fraction of sp³-hybridized carbons (Fsp3) is 0.706. The summed E-state index contributed by atoms with van der Waals surface area (Å²) in [4.78, 5) is 7.09. The van der Waals surface area contributed by atoms with E-state index in [1.54, 1.807) is 0 Å². The molecule has 0 spiro atoms. The van der Waals surface area contributed by atoms with E-state index < -0.39 is 0 Å². The number of aryl methyl sites for hydroxylation is 1. The Hall–Kier alpha value is -1.09. The molecule has 0 unspecified atom stereocenters. The number of hydrogen-bond acceptors (Lipinski definition) is 3. The van der Waals surface area contributed by atoms with Crippen LogP contribution < -0.4 is 10.2 Å². The van der Waals surface area contributed by atoms with Gasteiger partial charge in [0.05, 0.1) is 0 Å². The maximum atomic E-state index is 4.81. The Labute approximate surface area is 124 Å². The first kappa shape index (κ1) is 17.0. The summed E-state index contributed by atoms with van der Waals surface area (Å²) in [6.45, 7) is 11.9. The third-order valence-corrected chi connectivity index (χ3v) is 3.44. The molecule has 0 aliphatic rings. The van der Waals surface area contributed by atoms with Gasteiger partial charge in [0.1, 0.15) is 5.82 Å². The smallest absolute Gasteiger partial charge is 0.128 e. The molecule has 0 aliphatic carbocycles. The largest absolute Gasteiger partial charge is 0.360 e. The average molecular weight is 277 g/mol. The molecule has 1 aromatic heterocycles. The molecule has 0 aromatic carbocycles. The molecule has 0 atom stereocenters. The summed E-state index contributed by atoms with van der Waals surface area (Å²) in [5.74, 6) is 1.85. The van der Waals surface area contributed by atoms with Crippen LogP contribution in [-0.2, 0) is 13.0 Å². The van der Waals surface area contributed by atoms with Gasteiger partial charge in [-0.05, 0) is 43.0 Å². The minimum Gasteiger partial charge on any atom is -0.360 e. The zero-order valence-electron chi connectivity index (χ0n) is 13.9. The predicted molar refractivity (Wildman–Crippen MR) is 88.3 cm³/mol. The molecule has 1 rings (SSSR count). The maximum Gasteiger partial charge on any atom is 0.128 e. The van der Waals surface area contributed by atoms with Gasteiger partial charge in [-0.25, -0.2) is 4.98 Å². The minimum absolute atomic E-state index is 0.734. The fourth-order valence-electron chi connectivity index (χ4n) is 2.15. The highest BCUT2D eigenvalue weighted by Crippen LogP contribution is 2.16. The van der Waals surface area contributed by atoms with Crippen LogP contribution in [0, 0.1) is 5.92 Å². The Morgan fingerprint density at radius 1 is 1.25 bits per heavy atom. The van der Waals surface area contributed by atoms with Crippen molar-refractivity contribution < 1.29 is 0 Å². The van der Waals surface area contributed by atoms with Crippen LogP contribution in [-0.4, -0.2) is 25.1 Å². The molecular formula is C17H31N3. The second kappa shape index (κ2) is 8.96. The van der Waals surface area contributed by atoms with E-state index in [1.807, 2.05) is 0 Å². The van der Waals surface area contributed by atoms with E-state index in [1.165, 1.54) is 17.7 Å². The van der Waals surface area contributed by atoms with E-state index in [-0.39, 0.29) is 0 Å². The van der Waals surface area contributed by atoms with Gasteiger partial charge in [0.25, 0.3) is 0 Å². The van der Waals surface area contributed by atoms with Crippen molar-refractivity contribution in [3.8, 4) is 0 Å². The highest BCUT2D eigenvalue weighted by Gasteiger charge is 2.07. The van der Waals surface area contributed by atoms with Crippen LogP contribution in [0.2, 0.25) is 0 Å². The summed E-state index contributed by atoms with van der Waals surface area (Å²) in [6.07, 6.45) is 3.41. The van der Waals surface area contributed by atoms with E-state index in [4.69, 9.17) is 4.98 Å². The molecule has 1 N–H and O–H groups in total. The van der Waals surface area contributed by atoms with Crippen LogP contribution in [0.1, 0.15) is 51.8 Å². The number of nitrogens with one attached hydrogen (secondary N) is 1. The molecule has 3 heteroatoms. The van der Waals surface area contributed by atoms with Gasteiger partial charge in [-0.1, -0.05) is 34.1 Å². The van der Waals surface area contributed by atoms with E-state index in [9.17, 15) is 0 Å². The summed E-state index contributed by atoms with van der Waals surface area (Å²) in [7, 11) is 2.15. The molecule has 0 radical (unpaired) electrons. The normalized spacial score (nSPS) is 11.1. The maximum absolute atomic E-state index is 4.81. The fourth-order valence-corrected chi connectivity index (χ4v) is 2.15. The predicted octanol–water partition coefficient (Wildman–Crippen LogP) is 3.63. The highest BCUT2D eigenvalue weighted by atomic mass is 15.2. The summed E-state index contributed by atoms with van der Waals surface area (Å²) < 4.78 is 0. The first-order chi connectivity index (χ1) is 9.56. The Morgan fingerprint density at radius 2 is 2.00 bits per heavy atom. The molecule has 0 aliphatic heterocycles. The zero-order valence-corrected chi connectivity index (χ0v) is 13.9. The number of anilines is 1. The molecule has 0 fully saturated rings. The van der Waals surface area contributed by atoms with Gasteiger partial charge in [0.15, 0.2) is 0 Å². The van der Waals surface area contributed by atoms with Crippen molar-refractivity contribution in [1.82, 2.24) is 10.3 Å². The Morgan fingerprint density at radius 3 is 2.60 bits per heavy atom. The molecular weight excluding hydrogens is 246 g/mol. The number of pyridine rings is 1. The molecule has 114 valence electrons. The highest BCUT2D eigenvalue weighted by molar-refractivity contribution is 5.42. The van der Waals surface area contributed by atoms with E-state index in [0.717, 1.165) is 44.2 Å². The lowest BCUT2D eigenvalue weighted by Gasteiger charge is -2.21. The first-order valence-corrected chi connectivity index (χ1v) is 7.98. The quantitative estimate of drug-likeness (QED) is 0.747. The third kappa shape index (κ3) is 5.91. The van der Waals surface area contributed by atoms with Gasteiger partial charge < -0.3 is 10.2 Å². The number of aromatic nitrogens is 1. The second-order valence-corrected chi connectivity index (χ2v) is 5.96. The molecule has 3 nitrogen and oxygen atoms in total. The van der Waals surface area contributed by atoms with Crippen molar-refractivity contribution >= 4 is 5.82 Å². The van der Waals surface area contributed by atoms with Crippen molar-refractivity contribution in [3.05, 3.63) is 23.4 Å². The number of rotatable bonds is 9. The van der Waals surface area contributed by atoms with Crippen molar-refractivity contribution in [1.29, 1.82) is 0 Å². The van der Waals surface area contributed by atoms with Crippen molar-refractivity contribution in [2.45, 2.75) is 53.5 Å². The Kier molecular flexibility index (Phi) is 7.60. The zero-order chi connectivity index (χ0) is 15.0. The second-order valence-electron chi connectivity index (χ2n) is 5.96. The third-order valence-electron chi connectivity index (χ3n) is 3.44. The monoisotopic (exact) mass is 277 g/mol. The SMILES string of the molecule is CCCc1cc(CNCC)cc(N(C)CCC(C)C)n1. The van der Waals surface area contributed by atoms with Crippen molar-refractivity contribution in [3.63, 3.8) is 0 Å². The molecule has 20 heavy (non-hydrogen) atoms.